The van der Waals surface area contributed by atoms with Gasteiger partial charge in [0.1, 0.15) is 23.9 Å². The molecule has 0 atom stereocenters. The number of hydrogen-bond donors (Lipinski definition) is 3. The number of nitrogens with one attached hydrogen (secondary N) is 3. The second-order valence-electron chi connectivity index (χ2n) is 9.93. The van der Waals surface area contributed by atoms with Gasteiger partial charge in [-0.25, -0.2) is 14.4 Å². The zero-order valence-corrected chi connectivity index (χ0v) is 21.7. The smallest absolute Gasteiger partial charge is 0.237 e. The Bertz CT molecular complexity index is 1300. The molecule has 5 heterocycles. The molecule has 0 amide bonds. The van der Waals surface area contributed by atoms with E-state index in [4.69, 9.17) is 9.47 Å². The first kappa shape index (κ1) is 24.7. The molecule has 38 heavy (non-hydrogen) atoms. The minimum absolute atomic E-state index is 0.283. The molecule has 1 fully saturated rings. The highest BCUT2D eigenvalue weighted by molar-refractivity contribution is 5.71. The molecule has 0 aliphatic carbocycles. The summed E-state index contributed by atoms with van der Waals surface area (Å²) in [5.41, 5.74) is 6.86. The summed E-state index contributed by atoms with van der Waals surface area (Å²) in [7, 11) is 0. The van der Waals surface area contributed by atoms with Crippen LogP contribution in [0.4, 0.5) is 33.0 Å². The highest BCUT2D eigenvalue weighted by Crippen LogP contribution is 2.36. The number of anilines is 5. The van der Waals surface area contributed by atoms with E-state index in [-0.39, 0.29) is 5.82 Å². The first-order chi connectivity index (χ1) is 18.6. The zero-order chi connectivity index (χ0) is 25.9. The molecule has 3 N–H and O–H groups in total. The van der Waals surface area contributed by atoms with Gasteiger partial charge in [-0.2, -0.15) is 0 Å². The molecule has 3 aliphatic heterocycles. The highest BCUT2D eigenvalue weighted by Gasteiger charge is 2.23. The largest absolute Gasteiger partial charge is 0.474 e. The van der Waals surface area contributed by atoms with Crippen molar-refractivity contribution in [2.24, 2.45) is 0 Å². The highest BCUT2D eigenvalue weighted by atomic mass is 19.1. The number of aromatic nitrogens is 2. The van der Waals surface area contributed by atoms with Gasteiger partial charge in [0.25, 0.3) is 0 Å². The number of ether oxygens (including phenoxy) is 2. The van der Waals surface area contributed by atoms with E-state index in [0.29, 0.717) is 36.2 Å². The van der Waals surface area contributed by atoms with E-state index >= 15 is 0 Å². The lowest BCUT2D eigenvalue weighted by molar-refractivity contribution is 0.0398. The number of pyridine rings is 2. The standard InChI is InChI=1S/C28H34FN7O2/c1-19-25(17-33-28-27(19)31-6-11-38-28)36-7-4-20-16-32-26(14-21(20)18-36)34-22-2-3-24(23(29)15-22)30-5-8-35-9-12-37-13-10-35/h2-3,14-17,30-31H,4-13,18H2,1H3,(H,32,34). The number of hydrogen-bond acceptors (Lipinski definition) is 9. The van der Waals surface area contributed by atoms with E-state index < -0.39 is 0 Å². The fourth-order valence-corrected chi connectivity index (χ4v) is 5.30. The number of benzene rings is 1. The summed E-state index contributed by atoms with van der Waals surface area (Å²) < 4.78 is 25.9. The van der Waals surface area contributed by atoms with Crippen LogP contribution < -0.4 is 25.6 Å². The summed E-state index contributed by atoms with van der Waals surface area (Å²) in [6, 6.07) is 7.24. The molecule has 3 aromatic rings. The van der Waals surface area contributed by atoms with Crippen LogP contribution in [0.25, 0.3) is 0 Å². The minimum Gasteiger partial charge on any atom is -0.474 e. The molecule has 0 radical (unpaired) electrons. The summed E-state index contributed by atoms with van der Waals surface area (Å²) in [5.74, 6) is 1.10. The van der Waals surface area contributed by atoms with Crippen molar-refractivity contribution in [3.8, 4) is 5.88 Å². The van der Waals surface area contributed by atoms with Crippen LogP contribution in [0.5, 0.6) is 5.88 Å². The monoisotopic (exact) mass is 519 g/mol. The van der Waals surface area contributed by atoms with Crippen molar-refractivity contribution < 1.29 is 13.9 Å². The van der Waals surface area contributed by atoms with Gasteiger partial charge in [0.05, 0.1) is 30.8 Å². The van der Waals surface area contributed by atoms with Crippen LogP contribution in [0, 0.1) is 12.7 Å². The van der Waals surface area contributed by atoms with Crippen LogP contribution in [0.3, 0.4) is 0 Å². The molecular weight excluding hydrogens is 485 g/mol. The van der Waals surface area contributed by atoms with Gasteiger partial charge in [-0.05, 0) is 48.7 Å². The Hall–Kier alpha value is -3.63. The summed E-state index contributed by atoms with van der Waals surface area (Å²) in [4.78, 5) is 13.8. The molecule has 3 aliphatic rings. The van der Waals surface area contributed by atoms with Crippen molar-refractivity contribution in [1.82, 2.24) is 14.9 Å². The number of nitrogens with zero attached hydrogens (tertiary/aromatic N) is 4. The van der Waals surface area contributed by atoms with Crippen LogP contribution in [0.15, 0.2) is 36.7 Å². The third kappa shape index (κ3) is 5.32. The molecule has 9 nitrogen and oxygen atoms in total. The van der Waals surface area contributed by atoms with Crippen LogP contribution >= 0.6 is 0 Å². The van der Waals surface area contributed by atoms with Crippen molar-refractivity contribution in [3.63, 3.8) is 0 Å². The predicted molar refractivity (Wildman–Crippen MR) is 147 cm³/mol. The van der Waals surface area contributed by atoms with Gasteiger partial charge >= 0.3 is 0 Å². The first-order valence-corrected chi connectivity index (χ1v) is 13.3. The van der Waals surface area contributed by atoms with E-state index in [0.717, 1.165) is 75.8 Å². The minimum atomic E-state index is -0.283. The van der Waals surface area contributed by atoms with Crippen molar-refractivity contribution >= 4 is 28.6 Å². The molecule has 1 aromatic carbocycles. The third-order valence-corrected chi connectivity index (χ3v) is 7.44. The maximum absolute atomic E-state index is 14.8. The lowest BCUT2D eigenvalue weighted by Crippen LogP contribution is -2.39. The van der Waals surface area contributed by atoms with Crippen molar-refractivity contribution in [1.29, 1.82) is 0 Å². The van der Waals surface area contributed by atoms with Gasteiger partial charge < -0.3 is 30.3 Å². The van der Waals surface area contributed by atoms with E-state index in [2.05, 4.69) is 48.7 Å². The molecule has 0 bridgehead atoms. The predicted octanol–water partition coefficient (Wildman–Crippen LogP) is 3.78. The SMILES string of the molecule is Cc1c(N2CCc3cnc(Nc4ccc(NCCN5CCOCC5)c(F)c4)cc3C2)cnc2c1NCCO2. The fraction of sp³-hybridized carbons (Fsp3) is 0.429. The fourth-order valence-electron chi connectivity index (χ4n) is 5.30. The van der Waals surface area contributed by atoms with Gasteiger partial charge in [-0.1, -0.05) is 0 Å². The Morgan fingerprint density at radius 1 is 1.05 bits per heavy atom. The summed E-state index contributed by atoms with van der Waals surface area (Å²) in [6.45, 7) is 10.1. The summed E-state index contributed by atoms with van der Waals surface area (Å²) in [6.07, 6.45) is 4.74. The van der Waals surface area contributed by atoms with Gasteiger partial charge in [0.2, 0.25) is 5.88 Å². The Labute approximate surface area is 222 Å². The number of morpholine rings is 1. The molecule has 2 aromatic heterocycles. The van der Waals surface area contributed by atoms with E-state index in [1.807, 2.05) is 18.5 Å². The maximum atomic E-state index is 14.8. The van der Waals surface area contributed by atoms with E-state index in [1.165, 1.54) is 17.2 Å². The summed E-state index contributed by atoms with van der Waals surface area (Å²) in [5, 5.41) is 9.92. The second kappa shape index (κ2) is 11.0. The number of rotatable bonds is 7. The van der Waals surface area contributed by atoms with E-state index in [1.54, 1.807) is 6.07 Å². The molecule has 6 rings (SSSR count). The van der Waals surface area contributed by atoms with Gasteiger partial charge in [0.15, 0.2) is 0 Å². The van der Waals surface area contributed by atoms with Crippen molar-refractivity contribution in [2.45, 2.75) is 19.9 Å². The van der Waals surface area contributed by atoms with Crippen LogP contribution in [0.2, 0.25) is 0 Å². The Kier molecular flexibility index (Phi) is 7.15. The molecule has 0 unspecified atom stereocenters. The topological polar surface area (TPSA) is 86.8 Å². The number of halogens is 1. The second-order valence-corrected chi connectivity index (χ2v) is 9.93. The molecule has 0 spiro atoms. The maximum Gasteiger partial charge on any atom is 0.237 e. The summed E-state index contributed by atoms with van der Waals surface area (Å²) >= 11 is 0. The van der Waals surface area contributed by atoms with Crippen LogP contribution in [-0.2, 0) is 17.7 Å². The number of fused-ring (bicyclic) bond motifs is 2. The average molecular weight is 520 g/mol. The Balaban J connectivity index is 1.10. The first-order valence-electron chi connectivity index (χ1n) is 13.3. The average Bonchev–Trinajstić information content (AvgIpc) is 2.95. The van der Waals surface area contributed by atoms with Crippen LogP contribution in [-0.4, -0.2) is 74.0 Å². The van der Waals surface area contributed by atoms with Gasteiger partial charge in [-0.3, -0.25) is 4.90 Å². The van der Waals surface area contributed by atoms with Gasteiger partial charge in [0, 0.05) is 63.3 Å². The van der Waals surface area contributed by atoms with Gasteiger partial charge in [-0.15, -0.1) is 0 Å². The van der Waals surface area contributed by atoms with E-state index in [9.17, 15) is 4.39 Å². The molecular formula is C28H34FN7O2. The third-order valence-electron chi connectivity index (χ3n) is 7.44. The van der Waals surface area contributed by atoms with Crippen LogP contribution in [0.1, 0.15) is 16.7 Å². The van der Waals surface area contributed by atoms with Crippen molar-refractivity contribution in [3.05, 3.63) is 59.2 Å². The molecule has 10 heteroatoms. The molecule has 1 saturated heterocycles. The zero-order valence-electron chi connectivity index (χ0n) is 21.7. The van der Waals surface area contributed by atoms with Crippen molar-refractivity contribution in [2.75, 3.05) is 79.9 Å². The lowest BCUT2D eigenvalue weighted by Gasteiger charge is -2.33. The lowest BCUT2D eigenvalue weighted by atomic mass is 10.0. The quantitative estimate of drug-likeness (QED) is 0.432. The normalized spacial score (nSPS) is 17.2. The Morgan fingerprint density at radius 2 is 1.95 bits per heavy atom. The Morgan fingerprint density at radius 3 is 2.82 bits per heavy atom. The molecule has 200 valence electrons. The molecule has 0 saturated carbocycles.